The first-order valence-corrected chi connectivity index (χ1v) is 10.4. The Morgan fingerprint density at radius 2 is 2.04 bits per heavy atom. The fourth-order valence-electron chi connectivity index (χ4n) is 6.47. The topological polar surface area (TPSA) is 65.5 Å². The molecule has 5 nitrogen and oxygen atoms in total. The molecule has 2 N–H and O–H groups in total. The van der Waals surface area contributed by atoms with Crippen molar-refractivity contribution in [2.45, 2.75) is 57.1 Å². The van der Waals surface area contributed by atoms with Crippen LogP contribution < -0.4 is 10.2 Å². The number of pyridine rings is 1. The summed E-state index contributed by atoms with van der Waals surface area (Å²) < 4.78 is 13.1. The molecule has 0 radical (unpaired) electrons. The smallest absolute Gasteiger partial charge is 0.226 e. The average molecular weight is 373 g/mol. The highest BCUT2D eigenvalue weighted by Gasteiger charge is 2.58. The number of rotatable bonds is 3. The quantitative estimate of drug-likeness (QED) is 0.854. The highest BCUT2D eigenvalue weighted by molar-refractivity contribution is 5.83. The molecule has 0 spiro atoms. The summed E-state index contributed by atoms with van der Waals surface area (Å²) in [4.78, 5) is 19.6. The maximum atomic E-state index is 13.3. The van der Waals surface area contributed by atoms with Gasteiger partial charge in [0.25, 0.3) is 0 Å². The second-order valence-corrected chi connectivity index (χ2v) is 9.33. The van der Waals surface area contributed by atoms with E-state index in [4.69, 9.17) is 0 Å². The van der Waals surface area contributed by atoms with Crippen molar-refractivity contribution < 1.29 is 14.3 Å². The molecule has 3 unspecified atom stereocenters. The van der Waals surface area contributed by atoms with Gasteiger partial charge < -0.3 is 15.3 Å². The second-order valence-electron chi connectivity index (χ2n) is 9.33. The van der Waals surface area contributed by atoms with Crippen LogP contribution >= 0.6 is 0 Å². The number of nitrogens with one attached hydrogen (secondary N) is 1. The van der Waals surface area contributed by atoms with Crippen molar-refractivity contribution in [2.75, 3.05) is 18.0 Å². The molecule has 5 fully saturated rings. The van der Waals surface area contributed by atoms with Crippen LogP contribution in [0.3, 0.4) is 0 Å². The third-order valence-corrected chi connectivity index (χ3v) is 7.50. The van der Waals surface area contributed by atoms with E-state index in [0.717, 1.165) is 63.9 Å². The average Bonchev–Trinajstić information content (AvgIpc) is 2.66. The van der Waals surface area contributed by atoms with E-state index in [1.807, 2.05) is 0 Å². The number of halogens is 1. The summed E-state index contributed by atoms with van der Waals surface area (Å²) in [6.07, 6.45) is 7.90. The van der Waals surface area contributed by atoms with Crippen LogP contribution in [0.1, 0.15) is 44.9 Å². The number of aromatic nitrogens is 1. The molecule has 27 heavy (non-hydrogen) atoms. The zero-order valence-electron chi connectivity index (χ0n) is 15.6. The van der Waals surface area contributed by atoms with E-state index in [1.54, 1.807) is 6.07 Å². The molecule has 4 bridgehead atoms. The Bertz CT molecular complexity index is 709. The third-order valence-electron chi connectivity index (χ3n) is 7.50. The standard InChI is InChI=1S/C21H28FN3O2/c22-16-3-4-18(23-11-16)25-5-1-2-17(12-25)24-20(27)21-8-13-6-14(9-21)19(26)15(7-13)10-21/h3-4,11,13-15,17,19,26H,1-2,5-10,12H2,(H,24,27). The number of piperidine rings is 1. The number of carbonyl (C=O) groups is 1. The van der Waals surface area contributed by atoms with Gasteiger partial charge in [-0.15, -0.1) is 0 Å². The Balaban J connectivity index is 1.26. The Morgan fingerprint density at radius 1 is 1.26 bits per heavy atom. The first-order valence-electron chi connectivity index (χ1n) is 10.4. The van der Waals surface area contributed by atoms with Crippen molar-refractivity contribution in [3.63, 3.8) is 0 Å². The zero-order chi connectivity index (χ0) is 18.6. The van der Waals surface area contributed by atoms with Crippen LogP contribution in [0.4, 0.5) is 10.2 Å². The summed E-state index contributed by atoms with van der Waals surface area (Å²) in [5, 5.41) is 13.8. The molecular formula is C21H28FN3O2. The molecule has 1 aromatic heterocycles. The largest absolute Gasteiger partial charge is 0.393 e. The molecule has 1 saturated heterocycles. The van der Waals surface area contributed by atoms with Crippen molar-refractivity contribution in [3.05, 3.63) is 24.1 Å². The van der Waals surface area contributed by atoms with E-state index in [9.17, 15) is 14.3 Å². The van der Waals surface area contributed by atoms with Crippen LogP contribution in [0.5, 0.6) is 0 Å². The lowest BCUT2D eigenvalue weighted by atomic mass is 9.48. The van der Waals surface area contributed by atoms with Gasteiger partial charge in [0.05, 0.1) is 17.7 Å². The van der Waals surface area contributed by atoms with Crippen LogP contribution in [0.25, 0.3) is 0 Å². The Kier molecular flexibility index (Phi) is 4.15. The lowest BCUT2D eigenvalue weighted by Crippen LogP contribution is -2.60. The number of anilines is 1. The second kappa shape index (κ2) is 6.43. The van der Waals surface area contributed by atoms with Gasteiger partial charge in [-0.05, 0) is 74.8 Å². The van der Waals surface area contributed by atoms with Crippen molar-refractivity contribution in [1.82, 2.24) is 10.3 Å². The highest BCUT2D eigenvalue weighted by Crippen LogP contribution is 2.60. The van der Waals surface area contributed by atoms with Gasteiger partial charge in [0.2, 0.25) is 5.91 Å². The SMILES string of the molecule is O=C(NC1CCCN(c2ccc(F)cn2)C1)C12CC3CC(C1)C(O)C(C3)C2. The molecule has 1 aromatic rings. The Labute approximate surface area is 159 Å². The van der Waals surface area contributed by atoms with Gasteiger partial charge in [0.1, 0.15) is 11.6 Å². The lowest BCUT2D eigenvalue weighted by molar-refractivity contribution is -0.163. The van der Waals surface area contributed by atoms with Crippen LogP contribution in [0.2, 0.25) is 0 Å². The minimum absolute atomic E-state index is 0.107. The molecule has 4 saturated carbocycles. The summed E-state index contributed by atoms with van der Waals surface area (Å²) in [7, 11) is 0. The van der Waals surface area contributed by atoms with Gasteiger partial charge in [-0.25, -0.2) is 9.37 Å². The van der Waals surface area contributed by atoms with Gasteiger partial charge in [0.15, 0.2) is 0 Å². The first kappa shape index (κ1) is 17.4. The number of hydrogen-bond acceptors (Lipinski definition) is 4. The molecule has 146 valence electrons. The monoisotopic (exact) mass is 373 g/mol. The number of amides is 1. The van der Waals surface area contributed by atoms with Gasteiger partial charge in [0, 0.05) is 19.1 Å². The van der Waals surface area contributed by atoms with E-state index in [-0.39, 0.29) is 29.3 Å². The van der Waals surface area contributed by atoms with Crippen molar-refractivity contribution in [2.24, 2.45) is 23.2 Å². The normalized spacial score (nSPS) is 40.2. The minimum Gasteiger partial charge on any atom is -0.393 e. The molecule has 6 heteroatoms. The predicted molar refractivity (Wildman–Crippen MR) is 99.6 cm³/mol. The summed E-state index contributed by atoms with van der Waals surface area (Å²) >= 11 is 0. The number of aliphatic hydroxyl groups excluding tert-OH is 1. The van der Waals surface area contributed by atoms with Crippen LogP contribution in [-0.2, 0) is 4.79 Å². The molecule has 2 heterocycles. The lowest BCUT2D eigenvalue weighted by Gasteiger charge is -2.58. The maximum Gasteiger partial charge on any atom is 0.226 e. The number of hydrogen-bond donors (Lipinski definition) is 2. The van der Waals surface area contributed by atoms with Gasteiger partial charge in [-0.2, -0.15) is 0 Å². The highest BCUT2D eigenvalue weighted by atomic mass is 19.1. The third kappa shape index (κ3) is 3.02. The maximum absolute atomic E-state index is 13.3. The first-order chi connectivity index (χ1) is 13.0. The predicted octanol–water partition coefficient (Wildman–Crippen LogP) is 2.49. The van der Waals surface area contributed by atoms with Gasteiger partial charge in [-0.1, -0.05) is 0 Å². The number of nitrogens with zero attached hydrogens (tertiary/aromatic N) is 2. The Hall–Kier alpha value is -1.69. The van der Waals surface area contributed by atoms with Gasteiger partial charge >= 0.3 is 0 Å². The molecule has 3 atom stereocenters. The molecule has 6 rings (SSSR count). The van der Waals surface area contributed by atoms with Crippen molar-refractivity contribution in [1.29, 1.82) is 0 Å². The summed E-state index contributed by atoms with van der Waals surface area (Å²) in [6, 6.07) is 3.25. The zero-order valence-corrected chi connectivity index (χ0v) is 15.6. The fourth-order valence-corrected chi connectivity index (χ4v) is 6.47. The minimum atomic E-state index is -0.329. The van der Waals surface area contributed by atoms with E-state index in [2.05, 4.69) is 15.2 Å². The molecule has 1 aliphatic heterocycles. The van der Waals surface area contributed by atoms with Gasteiger partial charge in [-0.3, -0.25) is 4.79 Å². The van der Waals surface area contributed by atoms with Crippen molar-refractivity contribution in [3.8, 4) is 0 Å². The molecule has 4 aliphatic carbocycles. The number of aliphatic hydroxyl groups is 1. The van der Waals surface area contributed by atoms with E-state index in [1.165, 1.54) is 12.3 Å². The van der Waals surface area contributed by atoms with Crippen LogP contribution in [0, 0.1) is 29.0 Å². The Morgan fingerprint density at radius 3 is 2.74 bits per heavy atom. The molecule has 5 aliphatic rings. The van der Waals surface area contributed by atoms with E-state index >= 15 is 0 Å². The van der Waals surface area contributed by atoms with E-state index < -0.39 is 0 Å². The van der Waals surface area contributed by atoms with Crippen molar-refractivity contribution >= 4 is 11.7 Å². The summed E-state index contributed by atoms with van der Waals surface area (Å²) in [6.45, 7) is 1.61. The fraction of sp³-hybridized carbons (Fsp3) is 0.714. The summed E-state index contributed by atoms with van der Waals surface area (Å²) in [5.41, 5.74) is -0.258. The molecular weight excluding hydrogens is 345 g/mol. The number of carbonyl (C=O) groups excluding carboxylic acids is 1. The molecule has 1 amide bonds. The van der Waals surface area contributed by atoms with E-state index in [0.29, 0.717) is 17.8 Å². The molecule has 0 aromatic carbocycles. The summed E-state index contributed by atoms with van der Waals surface area (Å²) in [5.74, 6) is 1.88. The van der Waals surface area contributed by atoms with Crippen LogP contribution in [-0.4, -0.2) is 41.2 Å². The van der Waals surface area contributed by atoms with Crippen LogP contribution in [0.15, 0.2) is 18.3 Å².